The first-order chi connectivity index (χ1) is 11.1. The molecule has 0 bridgehead atoms. The molecule has 2 rings (SSSR count). The second kappa shape index (κ2) is 6.20. The lowest BCUT2D eigenvalue weighted by atomic mass is 10.1. The minimum atomic E-state index is -3.53. The first-order valence-corrected chi connectivity index (χ1v) is 9.53. The fourth-order valence-electron chi connectivity index (χ4n) is 2.97. The summed E-state index contributed by atoms with van der Waals surface area (Å²) in [6.45, 7) is 6.62. The molecular weight excluding hydrogens is 330 g/mol. The maximum absolute atomic E-state index is 12.4. The summed E-state index contributed by atoms with van der Waals surface area (Å²) in [6, 6.07) is 8.85. The molecule has 0 spiro atoms. The molecule has 0 heterocycles. The van der Waals surface area contributed by atoms with Crippen molar-refractivity contribution in [2.75, 3.05) is 5.75 Å². The van der Waals surface area contributed by atoms with Crippen LogP contribution in [-0.4, -0.2) is 42.9 Å². The van der Waals surface area contributed by atoms with Crippen molar-refractivity contribution in [2.45, 2.75) is 50.0 Å². The molecule has 7 heteroatoms. The minimum Gasteiger partial charge on any atom is -0.444 e. The zero-order valence-electron chi connectivity index (χ0n) is 14.3. The van der Waals surface area contributed by atoms with E-state index in [-0.39, 0.29) is 5.75 Å². The number of carbonyl (C=O) groups excluding carboxylic acids is 2. The van der Waals surface area contributed by atoms with E-state index in [0.29, 0.717) is 11.8 Å². The summed E-state index contributed by atoms with van der Waals surface area (Å²) in [4.78, 5) is 23.9. The summed E-state index contributed by atoms with van der Waals surface area (Å²) >= 11 is 0. The van der Waals surface area contributed by atoms with E-state index in [2.05, 4.69) is 5.32 Å². The van der Waals surface area contributed by atoms with Gasteiger partial charge >= 0.3 is 6.09 Å². The van der Waals surface area contributed by atoms with Crippen LogP contribution >= 0.6 is 0 Å². The Labute approximate surface area is 142 Å². The first-order valence-electron chi connectivity index (χ1n) is 7.81. The number of benzene rings is 1. The molecule has 3 unspecified atom stereocenters. The topological polar surface area (TPSA) is 89.5 Å². The van der Waals surface area contributed by atoms with Crippen molar-refractivity contribution in [1.82, 2.24) is 5.32 Å². The fourth-order valence-corrected chi connectivity index (χ4v) is 4.90. The van der Waals surface area contributed by atoms with Crippen LogP contribution in [0.25, 0.3) is 0 Å². The lowest BCUT2D eigenvalue weighted by Crippen LogP contribution is -2.45. The third-order valence-electron chi connectivity index (χ3n) is 4.04. The average Bonchev–Trinajstić information content (AvgIpc) is 3.16. The molecule has 1 fully saturated rings. The van der Waals surface area contributed by atoms with E-state index >= 15 is 0 Å². The second-order valence-corrected chi connectivity index (χ2v) is 9.35. The number of aldehydes is 1. The predicted octanol–water partition coefficient (Wildman–Crippen LogP) is 2.05. The van der Waals surface area contributed by atoms with E-state index in [9.17, 15) is 18.0 Å². The fraction of sp³-hybridized carbons (Fsp3) is 0.529. The van der Waals surface area contributed by atoms with Gasteiger partial charge in [-0.2, -0.15) is 0 Å². The van der Waals surface area contributed by atoms with Crippen LogP contribution in [0, 0.1) is 0 Å². The molecule has 1 aliphatic rings. The van der Waals surface area contributed by atoms with Crippen molar-refractivity contribution in [2.24, 2.45) is 0 Å². The molecule has 0 aliphatic heterocycles. The van der Waals surface area contributed by atoms with Gasteiger partial charge in [-0.1, -0.05) is 37.3 Å². The molecule has 132 valence electrons. The van der Waals surface area contributed by atoms with E-state index in [0.717, 1.165) is 0 Å². The quantitative estimate of drug-likeness (QED) is 0.818. The van der Waals surface area contributed by atoms with Crippen LogP contribution < -0.4 is 5.32 Å². The van der Waals surface area contributed by atoms with Gasteiger partial charge in [-0.3, -0.25) is 0 Å². The number of hydrogen-bond acceptors (Lipinski definition) is 5. The highest BCUT2D eigenvalue weighted by molar-refractivity contribution is 7.92. The maximum atomic E-state index is 12.4. The number of rotatable bonds is 5. The van der Waals surface area contributed by atoms with Gasteiger partial charge in [0.2, 0.25) is 0 Å². The van der Waals surface area contributed by atoms with Crippen molar-refractivity contribution in [1.29, 1.82) is 0 Å². The monoisotopic (exact) mass is 353 g/mol. The van der Waals surface area contributed by atoms with Crippen molar-refractivity contribution < 1.29 is 22.7 Å². The standard InChI is InChI=1S/C17H23NO5S/c1-5-24(21,22)14-13(12-9-7-6-8-10-12)17(14,11-19)18-15(20)23-16(2,3)4/h6-11,13-14H,5H2,1-4H3,(H,18,20). The summed E-state index contributed by atoms with van der Waals surface area (Å²) in [5, 5.41) is 1.52. The van der Waals surface area contributed by atoms with E-state index in [1.54, 1.807) is 51.1 Å². The molecule has 6 nitrogen and oxygen atoms in total. The number of ether oxygens (including phenoxy) is 1. The highest BCUT2D eigenvalue weighted by Crippen LogP contribution is 2.55. The molecule has 1 amide bonds. The molecule has 1 aromatic rings. The summed E-state index contributed by atoms with van der Waals surface area (Å²) in [5.41, 5.74) is -1.54. The molecule has 0 radical (unpaired) electrons. The minimum absolute atomic E-state index is 0.105. The van der Waals surface area contributed by atoms with Gasteiger partial charge in [0.25, 0.3) is 0 Å². The molecule has 0 aromatic heterocycles. The Morgan fingerprint density at radius 3 is 2.33 bits per heavy atom. The van der Waals surface area contributed by atoms with E-state index in [1.807, 2.05) is 0 Å². The van der Waals surface area contributed by atoms with Crippen LogP contribution in [0.3, 0.4) is 0 Å². The van der Waals surface area contributed by atoms with E-state index in [4.69, 9.17) is 4.74 Å². The normalized spacial score (nSPS) is 26.5. The van der Waals surface area contributed by atoms with Gasteiger partial charge in [-0.25, -0.2) is 13.2 Å². The lowest BCUT2D eigenvalue weighted by molar-refractivity contribution is -0.110. The van der Waals surface area contributed by atoms with Crippen molar-refractivity contribution in [3.05, 3.63) is 35.9 Å². The second-order valence-electron chi connectivity index (χ2n) is 6.94. The van der Waals surface area contributed by atoms with E-state index in [1.165, 1.54) is 6.92 Å². The molecule has 3 atom stereocenters. The lowest BCUT2D eigenvalue weighted by Gasteiger charge is -2.22. The van der Waals surface area contributed by atoms with Crippen LogP contribution in [0.4, 0.5) is 4.79 Å². The van der Waals surface area contributed by atoms with E-state index < -0.39 is 38.2 Å². The number of carbonyl (C=O) groups is 2. The number of sulfone groups is 1. The van der Waals surface area contributed by atoms with Crippen molar-refractivity contribution >= 4 is 22.2 Å². The summed E-state index contributed by atoms with van der Waals surface area (Å²) < 4.78 is 30.1. The Morgan fingerprint density at radius 1 is 1.29 bits per heavy atom. The number of amides is 1. The summed E-state index contributed by atoms with van der Waals surface area (Å²) in [5.74, 6) is -0.722. The van der Waals surface area contributed by atoms with Crippen LogP contribution in [0.1, 0.15) is 39.2 Å². The predicted molar refractivity (Wildman–Crippen MR) is 90.6 cm³/mol. The van der Waals surface area contributed by atoms with Gasteiger partial charge < -0.3 is 14.8 Å². The SMILES string of the molecule is CCS(=O)(=O)C1C(c2ccccc2)C1(C=O)NC(=O)OC(C)(C)C. The molecule has 1 saturated carbocycles. The number of alkyl carbamates (subject to hydrolysis) is 1. The van der Waals surface area contributed by atoms with Crippen molar-refractivity contribution in [3.8, 4) is 0 Å². The average molecular weight is 353 g/mol. The highest BCUT2D eigenvalue weighted by atomic mass is 32.2. The van der Waals surface area contributed by atoms with Crippen LogP contribution in [0.5, 0.6) is 0 Å². The summed E-state index contributed by atoms with van der Waals surface area (Å²) in [7, 11) is -3.53. The molecular formula is C17H23NO5S. The first kappa shape index (κ1) is 18.4. The number of hydrogen-bond donors (Lipinski definition) is 1. The smallest absolute Gasteiger partial charge is 0.408 e. The molecule has 1 N–H and O–H groups in total. The van der Waals surface area contributed by atoms with Gasteiger partial charge in [0.15, 0.2) is 9.84 Å². The summed E-state index contributed by atoms with van der Waals surface area (Å²) in [6.07, 6.45) is -0.281. The molecule has 0 saturated heterocycles. The maximum Gasteiger partial charge on any atom is 0.408 e. The Bertz CT molecular complexity index is 723. The van der Waals surface area contributed by atoms with Gasteiger partial charge in [0.05, 0.1) is 0 Å². The molecule has 24 heavy (non-hydrogen) atoms. The van der Waals surface area contributed by atoms with Crippen LogP contribution in [0.2, 0.25) is 0 Å². The molecule has 1 aromatic carbocycles. The van der Waals surface area contributed by atoms with Gasteiger partial charge in [0, 0.05) is 11.7 Å². The van der Waals surface area contributed by atoms with Crippen LogP contribution in [-0.2, 0) is 19.4 Å². The number of nitrogens with one attached hydrogen (secondary N) is 1. The Kier molecular flexibility index (Phi) is 4.77. The zero-order chi connectivity index (χ0) is 18.2. The Morgan fingerprint density at radius 2 is 1.88 bits per heavy atom. The largest absolute Gasteiger partial charge is 0.444 e. The van der Waals surface area contributed by atoms with Gasteiger partial charge in [-0.05, 0) is 26.3 Å². The van der Waals surface area contributed by atoms with Crippen molar-refractivity contribution in [3.63, 3.8) is 0 Å². The third-order valence-corrected chi connectivity index (χ3v) is 6.28. The van der Waals surface area contributed by atoms with Gasteiger partial charge in [0.1, 0.15) is 22.7 Å². The third kappa shape index (κ3) is 3.45. The zero-order valence-corrected chi connectivity index (χ0v) is 15.1. The van der Waals surface area contributed by atoms with Gasteiger partial charge in [-0.15, -0.1) is 0 Å². The molecule has 1 aliphatic carbocycles. The Hall–Kier alpha value is -1.89. The highest BCUT2D eigenvalue weighted by Gasteiger charge is 2.72. The van der Waals surface area contributed by atoms with Crippen LogP contribution in [0.15, 0.2) is 30.3 Å². The Balaban J connectivity index is 2.38.